The minimum atomic E-state index is -0.501. The van der Waals surface area contributed by atoms with Crippen molar-refractivity contribution in [3.63, 3.8) is 0 Å². The Morgan fingerprint density at radius 3 is 2.38 bits per heavy atom. The lowest BCUT2D eigenvalue weighted by Gasteiger charge is -2.08. The van der Waals surface area contributed by atoms with Crippen LogP contribution >= 0.6 is 0 Å². The van der Waals surface area contributed by atoms with Crippen molar-refractivity contribution in [2.75, 3.05) is 5.32 Å². The van der Waals surface area contributed by atoms with E-state index in [0.29, 0.717) is 22.3 Å². The highest BCUT2D eigenvalue weighted by Crippen LogP contribution is 2.25. The molecule has 1 heterocycles. The lowest BCUT2D eigenvalue weighted by Crippen LogP contribution is -2.12. The van der Waals surface area contributed by atoms with E-state index in [-0.39, 0.29) is 11.6 Å². The van der Waals surface area contributed by atoms with Gasteiger partial charge in [0.15, 0.2) is 0 Å². The fourth-order valence-corrected chi connectivity index (χ4v) is 3.62. The summed E-state index contributed by atoms with van der Waals surface area (Å²) >= 11 is 0. The van der Waals surface area contributed by atoms with E-state index >= 15 is 0 Å². The Bertz CT molecular complexity index is 1500. The number of benzene rings is 4. The third kappa shape index (κ3) is 3.43. The largest absolute Gasteiger partial charge is 0.322 e. The zero-order valence-electron chi connectivity index (χ0n) is 17.0. The molecule has 32 heavy (non-hydrogen) atoms. The number of amides is 1. The minimum Gasteiger partial charge on any atom is -0.322 e. The lowest BCUT2D eigenvalue weighted by molar-refractivity contribution is -0.384. The Morgan fingerprint density at radius 1 is 0.938 bits per heavy atom. The Balaban J connectivity index is 1.48. The molecule has 5 rings (SSSR count). The molecular weight excluding hydrogens is 406 g/mol. The molecule has 0 saturated heterocycles. The number of rotatable bonds is 4. The van der Waals surface area contributed by atoms with Crippen molar-refractivity contribution in [2.24, 2.45) is 0 Å². The third-order valence-corrected chi connectivity index (χ3v) is 5.30. The first kappa shape index (κ1) is 19.4. The molecule has 0 aliphatic heterocycles. The summed E-state index contributed by atoms with van der Waals surface area (Å²) in [7, 11) is 0. The zero-order chi connectivity index (χ0) is 22.2. The SMILES string of the molecule is Cc1cc2nn(-c3cccc4ccccc34)nc2cc1NC(=O)c1ccc([N+](=O)[O-])cc1. The molecule has 0 unspecified atom stereocenters. The maximum absolute atomic E-state index is 12.6. The Hall–Kier alpha value is -4.59. The molecule has 4 aromatic carbocycles. The standard InChI is InChI=1S/C24H17N5O3/c1-15-13-21-22(14-20(15)25-24(30)17-9-11-18(12-10-17)29(31)32)27-28(26-21)23-8-4-6-16-5-2-3-7-19(16)23/h2-14H,1H3,(H,25,30). The molecule has 8 heteroatoms. The van der Waals surface area contributed by atoms with Gasteiger partial charge in [-0.25, -0.2) is 0 Å². The first-order chi connectivity index (χ1) is 15.5. The molecule has 0 spiro atoms. The van der Waals surface area contributed by atoms with Gasteiger partial charge in [-0.05, 0) is 48.2 Å². The number of carbonyl (C=O) groups is 1. The number of aromatic nitrogens is 3. The number of anilines is 1. The smallest absolute Gasteiger partial charge is 0.269 e. The van der Waals surface area contributed by atoms with Crippen molar-refractivity contribution >= 4 is 39.1 Å². The lowest BCUT2D eigenvalue weighted by atomic mass is 10.1. The average Bonchev–Trinajstić information content (AvgIpc) is 3.21. The summed E-state index contributed by atoms with van der Waals surface area (Å²) in [5.41, 5.74) is 3.92. The predicted octanol–water partition coefficient (Wildman–Crippen LogP) is 5.04. The minimum absolute atomic E-state index is 0.0656. The van der Waals surface area contributed by atoms with Gasteiger partial charge in [-0.15, -0.1) is 15.0 Å². The number of nitro groups is 1. The molecule has 0 aliphatic rings. The first-order valence-corrected chi connectivity index (χ1v) is 9.91. The second-order valence-corrected chi connectivity index (χ2v) is 7.40. The Labute approximate surface area is 182 Å². The van der Waals surface area contributed by atoms with Crippen LogP contribution in [-0.2, 0) is 0 Å². The Morgan fingerprint density at radius 2 is 1.62 bits per heavy atom. The van der Waals surface area contributed by atoms with E-state index in [4.69, 9.17) is 0 Å². The third-order valence-electron chi connectivity index (χ3n) is 5.30. The molecule has 5 aromatic rings. The van der Waals surface area contributed by atoms with Crippen LogP contribution in [0.15, 0.2) is 78.9 Å². The van der Waals surface area contributed by atoms with Gasteiger partial charge in [0.25, 0.3) is 11.6 Å². The van der Waals surface area contributed by atoms with Gasteiger partial charge >= 0.3 is 0 Å². The van der Waals surface area contributed by atoms with E-state index in [1.807, 2.05) is 55.5 Å². The number of carbonyl (C=O) groups excluding carboxylic acids is 1. The molecule has 0 atom stereocenters. The highest BCUT2D eigenvalue weighted by Gasteiger charge is 2.14. The van der Waals surface area contributed by atoms with Crippen molar-refractivity contribution in [2.45, 2.75) is 6.92 Å². The summed E-state index contributed by atoms with van der Waals surface area (Å²) in [6.07, 6.45) is 0. The number of aryl methyl sites for hydroxylation is 1. The maximum atomic E-state index is 12.6. The van der Waals surface area contributed by atoms with Crippen LogP contribution in [0.25, 0.3) is 27.5 Å². The molecule has 156 valence electrons. The molecule has 0 fully saturated rings. The highest BCUT2D eigenvalue weighted by molar-refractivity contribution is 6.05. The van der Waals surface area contributed by atoms with Crippen LogP contribution in [0.4, 0.5) is 11.4 Å². The van der Waals surface area contributed by atoms with E-state index < -0.39 is 4.92 Å². The van der Waals surface area contributed by atoms with Crippen molar-refractivity contribution in [3.05, 3.63) is 100 Å². The molecule has 1 amide bonds. The van der Waals surface area contributed by atoms with E-state index in [1.54, 1.807) is 10.9 Å². The maximum Gasteiger partial charge on any atom is 0.269 e. The van der Waals surface area contributed by atoms with Gasteiger partial charge in [-0.2, -0.15) is 0 Å². The van der Waals surface area contributed by atoms with Crippen molar-refractivity contribution in [1.82, 2.24) is 15.0 Å². The summed E-state index contributed by atoms with van der Waals surface area (Å²) in [6.45, 7) is 1.88. The molecule has 0 radical (unpaired) electrons. The normalized spacial score (nSPS) is 11.0. The van der Waals surface area contributed by atoms with Crippen molar-refractivity contribution in [3.8, 4) is 5.69 Å². The predicted molar refractivity (Wildman–Crippen MR) is 122 cm³/mol. The van der Waals surface area contributed by atoms with E-state index in [2.05, 4.69) is 15.5 Å². The number of nitrogens with one attached hydrogen (secondary N) is 1. The van der Waals surface area contributed by atoms with Gasteiger partial charge in [0.2, 0.25) is 0 Å². The van der Waals surface area contributed by atoms with Gasteiger partial charge in [0, 0.05) is 28.8 Å². The summed E-state index contributed by atoms with van der Waals surface area (Å²) in [6, 6.07) is 23.1. The number of non-ortho nitro benzene ring substituents is 1. The van der Waals surface area contributed by atoms with Crippen LogP contribution in [0.3, 0.4) is 0 Å². The highest BCUT2D eigenvalue weighted by atomic mass is 16.6. The number of fused-ring (bicyclic) bond motifs is 2. The first-order valence-electron chi connectivity index (χ1n) is 9.91. The molecule has 1 aromatic heterocycles. The van der Waals surface area contributed by atoms with Gasteiger partial charge in [-0.1, -0.05) is 36.4 Å². The topological polar surface area (TPSA) is 103 Å². The summed E-state index contributed by atoms with van der Waals surface area (Å²) in [5.74, 6) is -0.358. The molecule has 0 bridgehead atoms. The van der Waals surface area contributed by atoms with E-state index in [1.165, 1.54) is 24.3 Å². The quantitative estimate of drug-likeness (QED) is 0.322. The summed E-state index contributed by atoms with van der Waals surface area (Å²) in [5, 5.41) is 25.1. The van der Waals surface area contributed by atoms with Crippen LogP contribution in [0, 0.1) is 17.0 Å². The number of hydrogen-bond donors (Lipinski definition) is 1. The molecule has 0 aliphatic carbocycles. The molecular formula is C24H17N5O3. The second-order valence-electron chi connectivity index (χ2n) is 7.40. The van der Waals surface area contributed by atoms with Crippen LogP contribution in [-0.4, -0.2) is 25.8 Å². The van der Waals surface area contributed by atoms with Gasteiger partial charge in [-0.3, -0.25) is 14.9 Å². The van der Waals surface area contributed by atoms with Crippen LogP contribution in [0.5, 0.6) is 0 Å². The monoisotopic (exact) mass is 423 g/mol. The van der Waals surface area contributed by atoms with Crippen molar-refractivity contribution < 1.29 is 9.72 Å². The van der Waals surface area contributed by atoms with Gasteiger partial charge < -0.3 is 5.32 Å². The fourth-order valence-electron chi connectivity index (χ4n) is 3.62. The van der Waals surface area contributed by atoms with Crippen molar-refractivity contribution in [1.29, 1.82) is 0 Å². The molecule has 0 saturated carbocycles. The number of nitro benzene ring substituents is 1. The zero-order valence-corrected chi connectivity index (χ0v) is 17.0. The fraction of sp³-hybridized carbons (Fsp3) is 0.0417. The van der Waals surface area contributed by atoms with Crippen LogP contribution in [0.2, 0.25) is 0 Å². The molecule has 1 N–H and O–H groups in total. The Kier molecular flexibility index (Phi) is 4.59. The van der Waals surface area contributed by atoms with Gasteiger partial charge in [0.05, 0.1) is 10.6 Å². The van der Waals surface area contributed by atoms with E-state index in [9.17, 15) is 14.9 Å². The van der Waals surface area contributed by atoms with E-state index in [0.717, 1.165) is 22.0 Å². The van der Waals surface area contributed by atoms with Gasteiger partial charge in [0.1, 0.15) is 11.0 Å². The molecule has 8 nitrogen and oxygen atoms in total. The number of hydrogen-bond acceptors (Lipinski definition) is 5. The van der Waals surface area contributed by atoms with Crippen LogP contribution in [0.1, 0.15) is 15.9 Å². The summed E-state index contributed by atoms with van der Waals surface area (Å²) in [4.78, 5) is 24.5. The second kappa shape index (κ2) is 7.59. The number of nitrogens with zero attached hydrogens (tertiary/aromatic N) is 4. The summed E-state index contributed by atoms with van der Waals surface area (Å²) < 4.78 is 0. The van der Waals surface area contributed by atoms with Crippen LogP contribution < -0.4 is 5.32 Å². The average molecular weight is 423 g/mol.